The van der Waals surface area contributed by atoms with Crippen molar-refractivity contribution < 1.29 is 4.79 Å². The molecule has 1 rings (SSSR count). The number of likely N-dealkylation sites (tertiary alicyclic amines) is 1. The molecule has 1 fully saturated rings. The van der Waals surface area contributed by atoms with Crippen LogP contribution in [0.15, 0.2) is 4.99 Å². The second-order valence-corrected chi connectivity index (χ2v) is 6.57. The number of aliphatic imine (C=N–C) groups is 1. The molecular weight excluding hydrogens is 429 g/mol. The molecule has 25 heavy (non-hydrogen) atoms. The van der Waals surface area contributed by atoms with Crippen LogP contribution in [0.25, 0.3) is 0 Å². The van der Waals surface area contributed by atoms with E-state index in [-0.39, 0.29) is 29.9 Å². The summed E-state index contributed by atoms with van der Waals surface area (Å²) >= 11 is 0. The molecule has 1 aliphatic heterocycles. The molecule has 1 heterocycles. The normalized spacial score (nSPS) is 18.0. The number of carbonyl (C=O) groups excluding carboxylic acids is 1. The molecule has 1 N–H and O–H groups in total. The van der Waals surface area contributed by atoms with Gasteiger partial charge in [0.05, 0.1) is 6.54 Å². The minimum absolute atomic E-state index is 0. The van der Waals surface area contributed by atoms with Gasteiger partial charge in [-0.3, -0.25) is 9.79 Å². The summed E-state index contributed by atoms with van der Waals surface area (Å²) in [4.78, 5) is 23.4. The van der Waals surface area contributed by atoms with Crippen molar-refractivity contribution in [3.63, 3.8) is 0 Å². The third kappa shape index (κ3) is 8.57. The molecule has 1 atom stereocenters. The van der Waals surface area contributed by atoms with E-state index in [1.807, 2.05) is 30.7 Å². The van der Waals surface area contributed by atoms with Gasteiger partial charge in [-0.25, -0.2) is 0 Å². The summed E-state index contributed by atoms with van der Waals surface area (Å²) in [5.41, 5.74) is 0. The van der Waals surface area contributed by atoms with E-state index in [1.54, 1.807) is 0 Å². The Morgan fingerprint density at radius 1 is 1.24 bits per heavy atom. The summed E-state index contributed by atoms with van der Waals surface area (Å²) in [5.74, 6) is 1.63. The van der Waals surface area contributed by atoms with Gasteiger partial charge in [-0.2, -0.15) is 0 Å². The molecule has 0 aromatic rings. The van der Waals surface area contributed by atoms with Crippen LogP contribution in [0.2, 0.25) is 0 Å². The van der Waals surface area contributed by atoms with Gasteiger partial charge in [0.1, 0.15) is 0 Å². The molecule has 1 aliphatic rings. The first kappa shape index (κ1) is 24.4. The van der Waals surface area contributed by atoms with Crippen molar-refractivity contribution in [3.8, 4) is 0 Å². The van der Waals surface area contributed by atoms with Crippen LogP contribution in [-0.2, 0) is 4.79 Å². The van der Waals surface area contributed by atoms with Crippen LogP contribution in [0.5, 0.6) is 0 Å². The van der Waals surface area contributed by atoms with E-state index in [1.165, 1.54) is 25.9 Å². The molecule has 0 aliphatic carbocycles. The summed E-state index contributed by atoms with van der Waals surface area (Å²) in [5, 5.41) is 3.31. The maximum absolute atomic E-state index is 12.3. The van der Waals surface area contributed by atoms with Crippen LogP contribution in [0.1, 0.15) is 40.5 Å². The highest BCUT2D eigenvalue weighted by atomic mass is 127. The highest BCUT2D eigenvalue weighted by molar-refractivity contribution is 14.0. The van der Waals surface area contributed by atoms with Crippen molar-refractivity contribution in [2.75, 3.05) is 59.4 Å². The quantitative estimate of drug-likeness (QED) is 0.321. The van der Waals surface area contributed by atoms with E-state index < -0.39 is 0 Å². The molecule has 1 saturated heterocycles. The van der Waals surface area contributed by atoms with E-state index in [4.69, 9.17) is 4.99 Å². The number of nitrogens with zero attached hydrogens (tertiary/aromatic N) is 4. The van der Waals surface area contributed by atoms with Gasteiger partial charge in [0.15, 0.2) is 5.96 Å². The number of halogens is 1. The summed E-state index contributed by atoms with van der Waals surface area (Å²) in [6.45, 7) is 15.4. The van der Waals surface area contributed by atoms with Gasteiger partial charge in [-0.1, -0.05) is 6.92 Å². The molecule has 0 saturated carbocycles. The molecule has 0 radical (unpaired) electrons. The van der Waals surface area contributed by atoms with Gasteiger partial charge < -0.3 is 20.0 Å². The van der Waals surface area contributed by atoms with Gasteiger partial charge in [0.25, 0.3) is 0 Å². The number of likely N-dealkylation sites (N-methyl/N-ethyl adjacent to an activating group) is 2. The van der Waals surface area contributed by atoms with Gasteiger partial charge in [0.2, 0.25) is 5.91 Å². The van der Waals surface area contributed by atoms with E-state index in [0.717, 1.165) is 38.7 Å². The summed E-state index contributed by atoms with van der Waals surface area (Å²) in [6.07, 6.45) is 2.44. The van der Waals surface area contributed by atoms with Crippen molar-refractivity contribution in [2.24, 2.45) is 10.9 Å². The Balaban J connectivity index is 0.00000576. The average Bonchev–Trinajstić information content (AvgIpc) is 3.00. The third-order valence-corrected chi connectivity index (χ3v) is 4.59. The predicted molar refractivity (Wildman–Crippen MR) is 117 cm³/mol. The van der Waals surface area contributed by atoms with Crippen molar-refractivity contribution in [3.05, 3.63) is 0 Å². The number of amides is 1. The first-order chi connectivity index (χ1) is 11.5. The molecule has 0 spiro atoms. The Morgan fingerprint density at radius 2 is 1.92 bits per heavy atom. The van der Waals surface area contributed by atoms with Crippen LogP contribution >= 0.6 is 24.0 Å². The third-order valence-electron chi connectivity index (χ3n) is 4.59. The number of hydrogen-bond acceptors (Lipinski definition) is 3. The number of hydrogen-bond donors (Lipinski definition) is 1. The number of guanidine groups is 1. The summed E-state index contributed by atoms with van der Waals surface area (Å²) in [6, 6.07) is 0. The van der Waals surface area contributed by atoms with Gasteiger partial charge >= 0.3 is 0 Å². The van der Waals surface area contributed by atoms with Gasteiger partial charge in [-0.05, 0) is 52.6 Å². The number of nitrogens with one attached hydrogen (secondary N) is 1. The fourth-order valence-electron chi connectivity index (χ4n) is 3.22. The predicted octanol–water partition coefficient (Wildman–Crippen LogP) is 2.10. The summed E-state index contributed by atoms with van der Waals surface area (Å²) < 4.78 is 0. The van der Waals surface area contributed by atoms with Crippen LogP contribution in [0.4, 0.5) is 0 Å². The van der Waals surface area contributed by atoms with E-state index in [9.17, 15) is 4.79 Å². The molecule has 1 amide bonds. The van der Waals surface area contributed by atoms with Gasteiger partial charge in [0, 0.05) is 39.8 Å². The molecule has 0 aromatic carbocycles. The monoisotopic (exact) mass is 467 g/mol. The molecule has 0 aromatic heterocycles. The minimum atomic E-state index is 0. The Bertz CT molecular complexity index is 401. The lowest BCUT2D eigenvalue weighted by Gasteiger charge is -2.26. The number of carbonyl (C=O) groups is 1. The Kier molecular flexibility index (Phi) is 13.3. The smallest absolute Gasteiger partial charge is 0.242 e. The zero-order chi connectivity index (χ0) is 17.9. The second kappa shape index (κ2) is 13.6. The Labute approximate surface area is 171 Å². The lowest BCUT2D eigenvalue weighted by molar-refractivity contribution is -0.131. The molecule has 148 valence electrons. The SMILES string of the molecule is CCCN1CCC(CN=C(NCC)N(C)CC(=O)N(CC)CC)C1.I. The van der Waals surface area contributed by atoms with Crippen LogP contribution in [0.3, 0.4) is 0 Å². The van der Waals surface area contributed by atoms with Gasteiger partial charge in [-0.15, -0.1) is 24.0 Å². The van der Waals surface area contributed by atoms with E-state index in [0.29, 0.717) is 12.5 Å². The zero-order valence-corrected chi connectivity index (χ0v) is 19.1. The lowest BCUT2D eigenvalue weighted by atomic mass is 10.1. The van der Waals surface area contributed by atoms with Crippen molar-refractivity contribution >= 4 is 35.8 Å². The fraction of sp³-hybridized carbons (Fsp3) is 0.889. The first-order valence-corrected chi connectivity index (χ1v) is 9.55. The lowest BCUT2D eigenvalue weighted by Crippen LogP contribution is -2.45. The van der Waals surface area contributed by atoms with Crippen molar-refractivity contribution in [1.29, 1.82) is 0 Å². The first-order valence-electron chi connectivity index (χ1n) is 9.55. The standard InChI is InChI=1S/C18H37N5O.HI/c1-6-11-22-12-10-16(14-22)13-20-18(19-7-2)21(5)15-17(24)23(8-3)9-4;/h16H,6-15H2,1-5H3,(H,19,20);1H. The van der Waals surface area contributed by atoms with Crippen molar-refractivity contribution in [2.45, 2.75) is 40.5 Å². The Morgan fingerprint density at radius 3 is 2.48 bits per heavy atom. The highest BCUT2D eigenvalue weighted by Gasteiger charge is 2.22. The van der Waals surface area contributed by atoms with Crippen molar-refractivity contribution in [1.82, 2.24) is 20.0 Å². The van der Waals surface area contributed by atoms with E-state index in [2.05, 4.69) is 24.1 Å². The summed E-state index contributed by atoms with van der Waals surface area (Å²) in [7, 11) is 1.95. The maximum atomic E-state index is 12.3. The zero-order valence-electron chi connectivity index (χ0n) is 16.8. The highest BCUT2D eigenvalue weighted by Crippen LogP contribution is 2.16. The maximum Gasteiger partial charge on any atom is 0.242 e. The molecule has 6 nitrogen and oxygen atoms in total. The fourth-order valence-corrected chi connectivity index (χ4v) is 3.22. The number of rotatable bonds is 9. The van der Waals surface area contributed by atoms with Crippen LogP contribution in [-0.4, -0.2) is 86.0 Å². The van der Waals surface area contributed by atoms with Crippen LogP contribution in [0, 0.1) is 5.92 Å². The average molecular weight is 467 g/mol. The molecule has 1 unspecified atom stereocenters. The second-order valence-electron chi connectivity index (χ2n) is 6.57. The van der Waals surface area contributed by atoms with Crippen LogP contribution < -0.4 is 5.32 Å². The molecule has 7 heteroatoms. The topological polar surface area (TPSA) is 51.2 Å². The Hall–Kier alpha value is -0.570. The largest absolute Gasteiger partial charge is 0.357 e. The van der Waals surface area contributed by atoms with E-state index >= 15 is 0 Å². The molecule has 0 bridgehead atoms. The minimum Gasteiger partial charge on any atom is -0.357 e. The molecular formula is C18H38IN5O.